The molecule has 1 N–H and O–H groups in total. The second-order valence-corrected chi connectivity index (χ2v) is 13.5. The van der Waals surface area contributed by atoms with Crippen LogP contribution in [0.3, 0.4) is 0 Å². The number of nitrogens with zero attached hydrogens (tertiary/aromatic N) is 1. The molecule has 0 unspecified atom stereocenters. The predicted octanol–water partition coefficient (Wildman–Crippen LogP) is 6.90. The van der Waals surface area contributed by atoms with Crippen LogP contribution in [0, 0.1) is 28.6 Å². The maximum atomic E-state index is 11.4. The topological polar surface area (TPSA) is 93.6 Å². The van der Waals surface area contributed by atoms with Gasteiger partial charge in [-0.1, -0.05) is 55.8 Å². The third-order valence-electron chi connectivity index (χ3n) is 9.99. The van der Waals surface area contributed by atoms with E-state index in [4.69, 9.17) is 9.29 Å². The van der Waals surface area contributed by atoms with E-state index in [1.165, 1.54) is 55.9 Å². The zero-order chi connectivity index (χ0) is 27.8. The summed E-state index contributed by atoms with van der Waals surface area (Å²) < 4.78 is 34.8. The quantitative estimate of drug-likeness (QED) is 0.254. The molecule has 2 saturated carbocycles. The van der Waals surface area contributed by atoms with E-state index in [1.54, 1.807) is 23.8 Å². The first-order chi connectivity index (χ1) is 18.5. The minimum atomic E-state index is -4.00. The summed E-state index contributed by atoms with van der Waals surface area (Å²) in [6.07, 6.45) is 17.1. The average Bonchev–Trinajstić information content (AvgIpc) is 3.27. The number of allylic oxidation sites excluding steroid dienone is 3. The minimum absolute atomic E-state index is 0.0741. The van der Waals surface area contributed by atoms with Gasteiger partial charge in [-0.2, -0.15) is 8.42 Å². The molecule has 7 heteroatoms. The SMILES string of the molecule is CC(=O)O[C@H]1CC[C@@]2(C)C(=CC[C@@H]3[C@@H]2CC[C@]2(C)C(c4cccnc4)=CC[C@@H]32)C1.O=S(=O)(O)c1ccccc1. The smallest absolute Gasteiger partial charge is 0.302 e. The van der Waals surface area contributed by atoms with E-state index in [0.29, 0.717) is 0 Å². The van der Waals surface area contributed by atoms with Gasteiger partial charge in [-0.15, -0.1) is 0 Å². The standard InChI is InChI=1S/C26H33NO2.C6H6O3S/c1-17(28)29-20-10-12-25(2)19(15-20)6-7-21-23-9-8-22(18-5-4-14-27-16-18)26(23,3)13-11-24(21)25;7-10(8,9)6-4-2-1-3-5-6/h4-6,8,14,16,20-21,23-24H,7,9-13,15H2,1-3H3;1-5H,(H,7,8,9)/t20-,21-,23-,24-,25-,26+;/m0./s1. The molecule has 6 nitrogen and oxygen atoms in total. The van der Waals surface area contributed by atoms with Gasteiger partial charge in [0, 0.05) is 25.7 Å². The number of hydrogen-bond acceptors (Lipinski definition) is 5. The van der Waals surface area contributed by atoms with Crippen molar-refractivity contribution in [1.29, 1.82) is 0 Å². The molecule has 2 aromatic rings. The Labute approximate surface area is 232 Å². The highest BCUT2D eigenvalue weighted by atomic mass is 32.2. The van der Waals surface area contributed by atoms with Crippen LogP contribution < -0.4 is 0 Å². The third-order valence-corrected chi connectivity index (χ3v) is 10.9. The van der Waals surface area contributed by atoms with Crippen molar-refractivity contribution in [3.8, 4) is 0 Å². The van der Waals surface area contributed by atoms with Gasteiger partial charge in [0.1, 0.15) is 6.10 Å². The summed E-state index contributed by atoms with van der Waals surface area (Å²) in [5, 5.41) is 0. The molecule has 0 amide bonds. The van der Waals surface area contributed by atoms with Crippen molar-refractivity contribution >= 4 is 21.7 Å². The van der Waals surface area contributed by atoms with Crippen LogP contribution in [0.1, 0.15) is 71.3 Å². The number of esters is 1. The molecule has 39 heavy (non-hydrogen) atoms. The number of pyridine rings is 1. The molecule has 1 heterocycles. The highest BCUT2D eigenvalue weighted by Gasteiger charge is 2.57. The fourth-order valence-corrected chi connectivity index (χ4v) is 8.59. The molecule has 208 valence electrons. The summed E-state index contributed by atoms with van der Waals surface area (Å²) >= 11 is 0. The Bertz CT molecular complexity index is 1370. The second-order valence-electron chi connectivity index (χ2n) is 12.1. The minimum Gasteiger partial charge on any atom is -0.462 e. The summed E-state index contributed by atoms with van der Waals surface area (Å²) in [7, 11) is -4.00. The molecule has 6 rings (SSSR count). The van der Waals surface area contributed by atoms with Crippen LogP contribution in [-0.4, -0.2) is 30.0 Å². The molecule has 0 bridgehead atoms. The molecule has 1 aromatic carbocycles. The Morgan fingerprint density at radius 1 is 0.974 bits per heavy atom. The lowest BCUT2D eigenvalue weighted by atomic mass is 9.47. The van der Waals surface area contributed by atoms with Crippen molar-refractivity contribution in [1.82, 2.24) is 4.98 Å². The van der Waals surface area contributed by atoms with Crippen LogP contribution in [0.2, 0.25) is 0 Å². The maximum Gasteiger partial charge on any atom is 0.302 e. The summed E-state index contributed by atoms with van der Waals surface area (Å²) in [6, 6.07) is 11.7. The van der Waals surface area contributed by atoms with Crippen molar-refractivity contribution in [2.45, 2.75) is 76.7 Å². The number of benzene rings is 1. The Kier molecular flexibility index (Phi) is 7.59. The summed E-state index contributed by atoms with van der Waals surface area (Å²) in [5.41, 5.74) is 4.99. The molecule has 4 aliphatic carbocycles. The number of aromatic nitrogens is 1. The lowest BCUT2D eigenvalue weighted by molar-refractivity contribution is -0.148. The van der Waals surface area contributed by atoms with E-state index >= 15 is 0 Å². The van der Waals surface area contributed by atoms with Crippen LogP contribution in [0.4, 0.5) is 0 Å². The van der Waals surface area contributed by atoms with Crippen LogP contribution in [0.25, 0.3) is 5.57 Å². The van der Waals surface area contributed by atoms with Crippen molar-refractivity contribution in [3.05, 3.63) is 78.1 Å². The van der Waals surface area contributed by atoms with E-state index < -0.39 is 10.1 Å². The number of rotatable bonds is 3. The lowest BCUT2D eigenvalue weighted by Crippen LogP contribution is -2.50. The molecule has 0 saturated heterocycles. The van der Waals surface area contributed by atoms with E-state index in [1.807, 2.05) is 12.4 Å². The van der Waals surface area contributed by atoms with Crippen molar-refractivity contribution < 1.29 is 22.5 Å². The number of ether oxygens (including phenoxy) is 1. The highest BCUT2D eigenvalue weighted by molar-refractivity contribution is 7.85. The molecule has 0 spiro atoms. The highest BCUT2D eigenvalue weighted by Crippen LogP contribution is 2.66. The van der Waals surface area contributed by atoms with Gasteiger partial charge >= 0.3 is 5.97 Å². The number of hydrogen-bond donors (Lipinski definition) is 1. The Balaban J connectivity index is 0.000000261. The van der Waals surface area contributed by atoms with Gasteiger partial charge in [-0.25, -0.2) is 0 Å². The van der Waals surface area contributed by atoms with Gasteiger partial charge in [-0.05, 0) is 96.4 Å². The van der Waals surface area contributed by atoms with Crippen LogP contribution >= 0.6 is 0 Å². The average molecular weight is 550 g/mol. The van der Waals surface area contributed by atoms with E-state index in [-0.39, 0.29) is 27.8 Å². The predicted molar refractivity (Wildman–Crippen MR) is 151 cm³/mol. The van der Waals surface area contributed by atoms with Gasteiger partial charge in [0.15, 0.2) is 0 Å². The van der Waals surface area contributed by atoms with Gasteiger partial charge < -0.3 is 4.74 Å². The zero-order valence-electron chi connectivity index (χ0n) is 23.0. The van der Waals surface area contributed by atoms with Crippen LogP contribution in [0.5, 0.6) is 0 Å². The molecule has 4 aliphatic rings. The summed E-state index contributed by atoms with van der Waals surface area (Å²) in [4.78, 5) is 15.7. The Morgan fingerprint density at radius 3 is 2.36 bits per heavy atom. The van der Waals surface area contributed by atoms with Crippen molar-refractivity contribution in [2.75, 3.05) is 0 Å². The zero-order valence-corrected chi connectivity index (χ0v) is 23.9. The largest absolute Gasteiger partial charge is 0.462 e. The third kappa shape index (κ3) is 5.36. The molecular formula is C32H39NO5S. The van der Waals surface area contributed by atoms with E-state index in [9.17, 15) is 13.2 Å². The van der Waals surface area contributed by atoms with Crippen molar-refractivity contribution in [2.24, 2.45) is 28.6 Å². The van der Waals surface area contributed by atoms with Gasteiger partial charge in [0.2, 0.25) is 0 Å². The molecule has 6 atom stereocenters. The maximum absolute atomic E-state index is 11.4. The first-order valence-corrected chi connectivity index (χ1v) is 15.5. The molecule has 0 aliphatic heterocycles. The summed E-state index contributed by atoms with van der Waals surface area (Å²) in [6.45, 7) is 6.56. The number of carbonyl (C=O) groups is 1. The van der Waals surface area contributed by atoms with Gasteiger partial charge in [0.25, 0.3) is 10.1 Å². The Morgan fingerprint density at radius 2 is 1.72 bits per heavy atom. The summed E-state index contributed by atoms with van der Waals surface area (Å²) in [5.74, 6) is 2.12. The monoisotopic (exact) mass is 549 g/mol. The van der Waals surface area contributed by atoms with E-state index in [0.717, 1.165) is 37.0 Å². The number of carbonyl (C=O) groups excluding carboxylic acids is 1. The second kappa shape index (κ2) is 10.7. The molecular weight excluding hydrogens is 510 g/mol. The van der Waals surface area contributed by atoms with Crippen LogP contribution in [-0.2, 0) is 19.6 Å². The fraction of sp³-hybridized carbons (Fsp3) is 0.500. The normalized spacial score (nSPS) is 33.2. The molecule has 1 aromatic heterocycles. The van der Waals surface area contributed by atoms with E-state index in [2.05, 4.69) is 43.1 Å². The Hall–Kier alpha value is -2.77. The fourth-order valence-electron chi connectivity index (χ4n) is 8.09. The van der Waals surface area contributed by atoms with Crippen molar-refractivity contribution in [3.63, 3.8) is 0 Å². The lowest BCUT2D eigenvalue weighted by Gasteiger charge is -2.57. The van der Waals surface area contributed by atoms with Gasteiger partial charge in [0.05, 0.1) is 4.90 Å². The molecule has 2 fully saturated rings. The first kappa shape index (κ1) is 27.8. The van der Waals surface area contributed by atoms with Gasteiger partial charge in [-0.3, -0.25) is 14.3 Å². The number of fused-ring (bicyclic) bond motifs is 5. The van der Waals surface area contributed by atoms with Crippen LogP contribution in [0.15, 0.2) is 77.5 Å². The molecule has 0 radical (unpaired) electrons. The first-order valence-electron chi connectivity index (χ1n) is 14.0.